The molecule has 1 heterocycles. The number of ether oxygens (including phenoxy) is 1. The summed E-state index contributed by atoms with van der Waals surface area (Å²) < 4.78 is 28.6. The Morgan fingerprint density at radius 2 is 1.84 bits per heavy atom. The van der Waals surface area contributed by atoms with Crippen LogP contribution in [0.4, 0.5) is 8.78 Å². The Kier molecular flexibility index (Phi) is 8.14. The van der Waals surface area contributed by atoms with Crippen LogP contribution < -0.4 is 5.32 Å². The van der Waals surface area contributed by atoms with Crippen LogP contribution in [-0.2, 0) is 4.74 Å². The number of hydrogen-bond donors (Lipinski definition) is 1. The normalized spacial score (nSPS) is 21.6. The van der Waals surface area contributed by atoms with Crippen molar-refractivity contribution in [2.75, 3.05) is 39.4 Å². The third kappa shape index (κ3) is 7.40. The maximum absolute atomic E-state index is 11.9. The van der Waals surface area contributed by atoms with E-state index in [2.05, 4.69) is 10.2 Å². The van der Waals surface area contributed by atoms with Gasteiger partial charge in [-0.15, -0.1) is 12.4 Å². The summed E-state index contributed by atoms with van der Waals surface area (Å²) in [7, 11) is 0. The van der Waals surface area contributed by atoms with Crippen molar-refractivity contribution >= 4 is 12.4 Å². The molecule has 1 aliphatic carbocycles. The molecule has 0 spiro atoms. The molecule has 19 heavy (non-hydrogen) atoms. The molecule has 0 aromatic carbocycles. The number of alkyl halides is 2. The van der Waals surface area contributed by atoms with Crippen LogP contribution in [0.5, 0.6) is 0 Å². The molecule has 1 aliphatic heterocycles. The number of halogens is 3. The van der Waals surface area contributed by atoms with Crippen molar-refractivity contribution in [2.45, 2.75) is 38.2 Å². The summed E-state index contributed by atoms with van der Waals surface area (Å²) in [5, 5.41) is 3.63. The summed E-state index contributed by atoms with van der Waals surface area (Å²) in [5.41, 5.74) is 0. The molecule has 3 nitrogen and oxygen atoms in total. The molecule has 0 aromatic rings. The van der Waals surface area contributed by atoms with Crippen LogP contribution in [0.25, 0.3) is 0 Å². The van der Waals surface area contributed by atoms with Crippen molar-refractivity contribution in [3.63, 3.8) is 0 Å². The van der Waals surface area contributed by atoms with E-state index in [9.17, 15) is 8.78 Å². The van der Waals surface area contributed by atoms with Gasteiger partial charge in [-0.1, -0.05) is 0 Å². The summed E-state index contributed by atoms with van der Waals surface area (Å²) >= 11 is 0. The van der Waals surface area contributed by atoms with Gasteiger partial charge in [-0.05, 0) is 51.2 Å². The van der Waals surface area contributed by atoms with Crippen LogP contribution >= 0.6 is 12.4 Å². The zero-order valence-electron chi connectivity index (χ0n) is 11.3. The van der Waals surface area contributed by atoms with Crippen molar-refractivity contribution in [1.82, 2.24) is 10.2 Å². The van der Waals surface area contributed by atoms with Crippen molar-refractivity contribution < 1.29 is 13.5 Å². The number of likely N-dealkylation sites (tertiary alicyclic amines) is 1. The fourth-order valence-corrected chi connectivity index (χ4v) is 2.38. The first-order chi connectivity index (χ1) is 8.74. The van der Waals surface area contributed by atoms with Crippen LogP contribution in [0.3, 0.4) is 0 Å². The quantitative estimate of drug-likeness (QED) is 0.695. The first-order valence-electron chi connectivity index (χ1n) is 7.05. The summed E-state index contributed by atoms with van der Waals surface area (Å²) in [6, 6.07) is 0.656. The molecule has 0 bridgehead atoms. The zero-order valence-corrected chi connectivity index (χ0v) is 12.1. The van der Waals surface area contributed by atoms with Gasteiger partial charge in [0.1, 0.15) is 6.61 Å². The molecule has 0 aromatic heterocycles. The minimum Gasteiger partial charge on any atom is -0.374 e. The topological polar surface area (TPSA) is 24.5 Å². The Balaban J connectivity index is 0.00000180. The molecule has 1 N–H and O–H groups in total. The predicted octanol–water partition coefficient (Wildman–Crippen LogP) is 2.15. The lowest BCUT2D eigenvalue weighted by atomic mass is 10.1. The molecule has 2 rings (SSSR count). The highest BCUT2D eigenvalue weighted by Crippen LogP contribution is 2.28. The molecule has 2 fully saturated rings. The SMILES string of the molecule is Cl.FC(F)COCCN1CCC(NCC2CC2)CC1. The first kappa shape index (κ1) is 17.1. The zero-order chi connectivity index (χ0) is 12.8. The van der Waals surface area contributed by atoms with E-state index in [0.29, 0.717) is 12.6 Å². The van der Waals surface area contributed by atoms with Crippen LogP contribution in [-0.4, -0.2) is 56.8 Å². The summed E-state index contributed by atoms with van der Waals surface area (Å²) in [6.45, 7) is 4.06. The summed E-state index contributed by atoms with van der Waals surface area (Å²) in [6.07, 6.45) is 2.78. The lowest BCUT2D eigenvalue weighted by Gasteiger charge is -2.32. The van der Waals surface area contributed by atoms with Crippen molar-refractivity contribution in [3.05, 3.63) is 0 Å². The highest BCUT2D eigenvalue weighted by atomic mass is 35.5. The molecular weight excluding hydrogens is 274 g/mol. The van der Waals surface area contributed by atoms with Gasteiger partial charge in [-0.2, -0.15) is 0 Å². The van der Waals surface area contributed by atoms with E-state index in [1.807, 2.05) is 0 Å². The second-order valence-electron chi connectivity index (χ2n) is 5.43. The van der Waals surface area contributed by atoms with Crippen LogP contribution in [0.1, 0.15) is 25.7 Å². The van der Waals surface area contributed by atoms with Gasteiger partial charge in [0.15, 0.2) is 0 Å². The van der Waals surface area contributed by atoms with Crippen molar-refractivity contribution in [3.8, 4) is 0 Å². The number of rotatable bonds is 8. The van der Waals surface area contributed by atoms with Gasteiger partial charge in [0, 0.05) is 12.6 Å². The molecule has 0 unspecified atom stereocenters. The van der Waals surface area contributed by atoms with Gasteiger partial charge < -0.3 is 15.0 Å². The predicted molar refractivity (Wildman–Crippen MR) is 74.3 cm³/mol. The number of nitrogens with one attached hydrogen (secondary N) is 1. The fourth-order valence-electron chi connectivity index (χ4n) is 2.38. The van der Waals surface area contributed by atoms with E-state index in [-0.39, 0.29) is 12.4 Å². The maximum Gasteiger partial charge on any atom is 0.261 e. The fraction of sp³-hybridized carbons (Fsp3) is 1.00. The Bertz CT molecular complexity index is 235. The van der Waals surface area contributed by atoms with Crippen LogP contribution in [0, 0.1) is 5.92 Å². The van der Waals surface area contributed by atoms with Gasteiger partial charge >= 0.3 is 0 Å². The van der Waals surface area contributed by atoms with Gasteiger partial charge in [0.05, 0.1) is 6.61 Å². The average molecular weight is 299 g/mol. The van der Waals surface area contributed by atoms with E-state index in [0.717, 1.165) is 25.6 Å². The summed E-state index contributed by atoms with van der Waals surface area (Å²) in [4.78, 5) is 2.31. The van der Waals surface area contributed by atoms with Gasteiger partial charge in [0.2, 0.25) is 0 Å². The number of piperidine rings is 1. The van der Waals surface area contributed by atoms with Crippen LogP contribution in [0.2, 0.25) is 0 Å². The third-order valence-corrected chi connectivity index (χ3v) is 3.78. The van der Waals surface area contributed by atoms with Crippen molar-refractivity contribution in [2.24, 2.45) is 5.92 Å². The minimum atomic E-state index is -2.35. The lowest BCUT2D eigenvalue weighted by molar-refractivity contribution is 0.00762. The van der Waals surface area contributed by atoms with Crippen LogP contribution in [0.15, 0.2) is 0 Å². The minimum absolute atomic E-state index is 0. The largest absolute Gasteiger partial charge is 0.374 e. The highest BCUT2D eigenvalue weighted by Gasteiger charge is 2.24. The van der Waals surface area contributed by atoms with Gasteiger partial charge in [-0.3, -0.25) is 0 Å². The molecular formula is C13H25ClF2N2O. The standard InChI is InChI=1S/C13H24F2N2O.ClH/c14-13(15)10-18-8-7-17-5-3-12(4-6-17)16-9-11-1-2-11;/h11-13,16H,1-10H2;1H. The Hall–Kier alpha value is 0.0300. The van der Waals surface area contributed by atoms with Gasteiger partial charge in [0.25, 0.3) is 6.43 Å². The molecule has 0 radical (unpaired) electrons. The Morgan fingerprint density at radius 3 is 2.42 bits per heavy atom. The van der Waals surface area contributed by atoms with E-state index in [4.69, 9.17) is 4.74 Å². The monoisotopic (exact) mass is 298 g/mol. The smallest absolute Gasteiger partial charge is 0.261 e. The van der Waals surface area contributed by atoms with Crippen molar-refractivity contribution in [1.29, 1.82) is 0 Å². The third-order valence-electron chi connectivity index (χ3n) is 3.78. The highest BCUT2D eigenvalue weighted by molar-refractivity contribution is 5.85. The molecule has 0 atom stereocenters. The molecule has 114 valence electrons. The van der Waals surface area contributed by atoms with Gasteiger partial charge in [-0.25, -0.2) is 8.78 Å². The van der Waals surface area contributed by atoms with E-state index in [1.54, 1.807) is 0 Å². The first-order valence-corrected chi connectivity index (χ1v) is 7.05. The number of hydrogen-bond acceptors (Lipinski definition) is 3. The second-order valence-corrected chi connectivity index (χ2v) is 5.43. The van der Waals surface area contributed by atoms with E-state index >= 15 is 0 Å². The Morgan fingerprint density at radius 1 is 1.16 bits per heavy atom. The molecule has 2 aliphatic rings. The second kappa shape index (κ2) is 9.06. The molecule has 1 saturated carbocycles. The summed E-state index contributed by atoms with van der Waals surface area (Å²) in [5.74, 6) is 0.936. The average Bonchev–Trinajstić information content (AvgIpc) is 3.17. The maximum atomic E-state index is 11.9. The molecule has 6 heteroatoms. The Labute approximate surface area is 120 Å². The molecule has 0 amide bonds. The van der Waals surface area contributed by atoms with E-state index < -0.39 is 13.0 Å². The number of nitrogens with zero attached hydrogens (tertiary/aromatic N) is 1. The molecule has 1 saturated heterocycles. The lowest BCUT2D eigenvalue weighted by Crippen LogP contribution is -2.44. The van der Waals surface area contributed by atoms with E-state index in [1.165, 1.54) is 32.2 Å².